The zero-order chi connectivity index (χ0) is 28.5. The number of aliphatic hydroxyl groups is 2. The molecule has 0 saturated carbocycles. The van der Waals surface area contributed by atoms with Crippen molar-refractivity contribution in [3.8, 4) is 0 Å². The molecule has 0 aliphatic heterocycles. The number of hydrogen-bond acceptors (Lipinski definition) is 7. The molecule has 10 heteroatoms. The summed E-state index contributed by atoms with van der Waals surface area (Å²) in [4.78, 5) is 30.1. The van der Waals surface area contributed by atoms with Crippen molar-refractivity contribution in [2.24, 2.45) is 5.92 Å². The molecule has 10 nitrogen and oxygen atoms in total. The van der Waals surface area contributed by atoms with Gasteiger partial charge in [0.05, 0.1) is 45.6 Å². The van der Waals surface area contributed by atoms with E-state index in [2.05, 4.69) is 13.8 Å². The van der Waals surface area contributed by atoms with Gasteiger partial charge in [0.1, 0.15) is 0 Å². The molecule has 0 saturated heterocycles. The molecule has 0 amide bonds. The van der Waals surface area contributed by atoms with Crippen molar-refractivity contribution in [2.75, 3.05) is 39.6 Å². The maximum absolute atomic E-state index is 10.2. The van der Waals surface area contributed by atoms with Gasteiger partial charge >= 0.3 is 17.9 Å². The topological polar surface area (TPSA) is 171 Å². The summed E-state index contributed by atoms with van der Waals surface area (Å²) in [6, 6.07) is 0. The number of carbonyl (C=O) groups is 3. The highest BCUT2D eigenvalue weighted by Crippen LogP contribution is 2.05. The first kappa shape index (κ1) is 41.4. The lowest BCUT2D eigenvalue weighted by Gasteiger charge is -2.02. The van der Waals surface area contributed by atoms with Crippen LogP contribution in [0.5, 0.6) is 0 Å². The molecule has 0 aliphatic rings. The SMILES string of the molecule is CCC(CC)C(=O)O.CCCCCCC(=O)O.CCCCCCC(=O)O.OCCOCCOCCO. The smallest absolute Gasteiger partial charge is 0.306 e. The predicted molar refractivity (Wildman–Crippen MR) is 140 cm³/mol. The summed E-state index contributed by atoms with van der Waals surface area (Å²) in [5.41, 5.74) is 0. The number of rotatable bonds is 20. The van der Waals surface area contributed by atoms with Gasteiger partial charge in [0.25, 0.3) is 0 Å². The summed E-state index contributed by atoms with van der Waals surface area (Å²) in [7, 11) is 0. The first-order chi connectivity index (χ1) is 17.2. The lowest BCUT2D eigenvalue weighted by molar-refractivity contribution is -0.142. The Morgan fingerprint density at radius 3 is 1.14 bits per heavy atom. The number of ether oxygens (including phenoxy) is 2. The molecule has 0 spiro atoms. The third-order valence-electron chi connectivity index (χ3n) is 4.67. The summed E-state index contributed by atoms with van der Waals surface area (Å²) < 4.78 is 9.75. The molecule has 0 atom stereocenters. The van der Waals surface area contributed by atoms with Crippen molar-refractivity contribution in [2.45, 2.75) is 105 Å². The Morgan fingerprint density at radius 2 is 0.944 bits per heavy atom. The second-order valence-electron chi connectivity index (χ2n) is 7.93. The molecule has 218 valence electrons. The van der Waals surface area contributed by atoms with Crippen LogP contribution < -0.4 is 0 Å². The molecular formula is C26H54O10. The molecule has 0 heterocycles. The Kier molecular flexibility index (Phi) is 43.4. The standard InChI is InChI=1S/2C7H14O2.C6H14O4.C6H12O2/c2*1-2-3-4-5-6-7(8)9;7-1-3-9-5-6-10-4-2-8;1-3-5(4-2)6(7)8/h2*2-6H2,1H3,(H,8,9);7-8H,1-6H2;5H,3-4H2,1-2H3,(H,7,8). The lowest BCUT2D eigenvalue weighted by Crippen LogP contribution is -2.10. The van der Waals surface area contributed by atoms with Crippen LogP contribution in [0.15, 0.2) is 0 Å². The van der Waals surface area contributed by atoms with Gasteiger partial charge in [-0.3, -0.25) is 14.4 Å². The number of carboxylic acids is 3. The molecular weight excluding hydrogens is 472 g/mol. The van der Waals surface area contributed by atoms with Gasteiger partial charge in [-0.15, -0.1) is 0 Å². The first-order valence-corrected chi connectivity index (χ1v) is 13.2. The summed E-state index contributed by atoms with van der Waals surface area (Å²) >= 11 is 0. The van der Waals surface area contributed by atoms with Crippen molar-refractivity contribution in [1.29, 1.82) is 0 Å². The molecule has 0 rings (SSSR count). The molecule has 36 heavy (non-hydrogen) atoms. The van der Waals surface area contributed by atoms with E-state index in [1.807, 2.05) is 13.8 Å². The quantitative estimate of drug-likeness (QED) is 0.141. The fourth-order valence-electron chi connectivity index (χ4n) is 2.49. The molecule has 0 aliphatic carbocycles. The van der Waals surface area contributed by atoms with Crippen LogP contribution in [0.4, 0.5) is 0 Å². The lowest BCUT2D eigenvalue weighted by atomic mass is 10.1. The van der Waals surface area contributed by atoms with E-state index in [4.69, 9.17) is 35.0 Å². The van der Waals surface area contributed by atoms with Crippen molar-refractivity contribution in [3.63, 3.8) is 0 Å². The van der Waals surface area contributed by atoms with E-state index in [1.54, 1.807) is 0 Å². The first-order valence-electron chi connectivity index (χ1n) is 13.2. The van der Waals surface area contributed by atoms with Crippen LogP contribution in [0, 0.1) is 5.92 Å². The summed E-state index contributed by atoms with van der Waals surface area (Å²) in [5.74, 6) is -2.15. The number of carboxylic acid groups (broad SMARTS) is 3. The molecule has 5 N–H and O–H groups in total. The Hall–Kier alpha value is -1.75. The van der Waals surface area contributed by atoms with E-state index in [-0.39, 0.29) is 19.1 Å². The largest absolute Gasteiger partial charge is 0.481 e. The minimum absolute atomic E-state index is 0.0417. The fourth-order valence-corrected chi connectivity index (χ4v) is 2.49. The van der Waals surface area contributed by atoms with Crippen molar-refractivity contribution >= 4 is 17.9 Å². The van der Waals surface area contributed by atoms with Crippen LogP contribution in [0.2, 0.25) is 0 Å². The molecule has 0 aromatic heterocycles. The minimum atomic E-state index is -0.675. The van der Waals surface area contributed by atoms with Gasteiger partial charge in [0.15, 0.2) is 0 Å². The number of aliphatic carboxylic acids is 3. The van der Waals surface area contributed by atoms with E-state index >= 15 is 0 Å². The van der Waals surface area contributed by atoms with Gasteiger partial charge in [-0.1, -0.05) is 66.2 Å². The van der Waals surface area contributed by atoms with E-state index in [9.17, 15) is 14.4 Å². The van der Waals surface area contributed by atoms with Crippen LogP contribution in [-0.2, 0) is 23.9 Å². The van der Waals surface area contributed by atoms with Gasteiger partial charge in [-0.25, -0.2) is 0 Å². The Morgan fingerprint density at radius 1 is 0.583 bits per heavy atom. The zero-order valence-corrected chi connectivity index (χ0v) is 23.1. The predicted octanol–water partition coefficient (Wildman–Crippen LogP) is 4.59. The van der Waals surface area contributed by atoms with Crippen LogP contribution in [-0.4, -0.2) is 83.1 Å². The van der Waals surface area contributed by atoms with Gasteiger partial charge in [0.2, 0.25) is 0 Å². The molecule has 0 fully saturated rings. The Labute approximate surface area is 218 Å². The van der Waals surface area contributed by atoms with Crippen LogP contribution in [0.3, 0.4) is 0 Å². The highest BCUT2D eigenvalue weighted by Gasteiger charge is 2.10. The maximum Gasteiger partial charge on any atom is 0.306 e. The number of hydrogen-bond donors (Lipinski definition) is 5. The third-order valence-corrected chi connectivity index (χ3v) is 4.67. The highest BCUT2D eigenvalue weighted by atomic mass is 16.5. The zero-order valence-electron chi connectivity index (χ0n) is 23.1. The van der Waals surface area contributed by atoms with E-state index in [1.165, 1.54) is 12.8 Å². The maximum atomic E-state index is 10.2. The third kappa shape index (κ3) is 49.4. The van der Waals surface area contributed by atoms with E-state index in [0.29, 0.717) is 39.3 Å². The molecule has 0 bridgehead atoms. The minimum Gasteiger partial charge on any atom is -0.481 e. The van der Waals surface area contributed by atoms with Gasteiger partial charge in [0, 0.05) is 12.8 Å². The average molecular weight is 527 g/mol. The van der Waals surface area contributed by atoms with Gasteiger partial charge < -0.3 is 35.0 Å². The molecule has 0 aromatic carbocycles. The van der Waals surface area contributed by atoms with Crippen molar-refractivity contribution in [1.82, 2.24) is 0 Å². The van der Waals surface area contributed by atoms with Crippen LogP contribution in [0.25, 0.3) is 0 Å². The second kappa shape index (κ2) is 37.8. The van der Waals surface area contributed by atoms with Crippen molar-refractivity contribution < 1.29 is 49.4 Å². The summed E-state index contributed by atoms with van der Waals surface area (Å²) in [6.45, 7) is 9.73. The normalized spacial score (nSPS) is 9.75. The molecule has 0 unspecified atom stereocenters. The summed E-state index contributed by atoms with van der Waals surface area (Å²) in [5, 5.41) is 41.3. The second-order valence-corrected chi connectivity index (χ2v) is 7.93. The van der Waals surface area contributed by atoms with Crippen LogP contribution >= 0.6 is 0 Å². The van der Waals surface area contributed by atoms with Crippen molar-refractivity contribution in [3.05, 3.63) is 0 Å². The average Bonchev–Trinajstić information content (AvgIpc) is 2.83. The Balaban J connectivity index is -0.000000190. The Bertz CT molecular complexity index is 424. The molecule has 0 radical (unpaired) electrons. The number of unbranched alkanes of at least 4 members (excludes halogenated alkanes) is 6. The monoisotopic (exact) mass is 526 g/mol. The van der Waals surface area contributed by atoms with Gasteiger partial charge in [-0.05, 0) is 25.7 Å². The highest BCUT2D eigenvalue weighted by molar-refractivity contribution is 5.69. The van der Waals surface area contributed by atoms with Gasteiger partial charge in [-0.2, -0.15) is 0 Å². The fraction of sp³-hybridized carbons (Fsp3) is 0.885. The van der Waals surface area contributed by atoms with E-state index < -0.39 is 17.9 Å². The summed E-state index contributed by atoms with van der Waals surface area (Å²) in [6.07, 6.45) is 10.6. The number of aliphatic hydroxyl groups excluding tert-OH is 2. The van der Waals surface area contributed by atoms with E-state index in [0.717, 1.165) is 51.4 Å². The molecule has 0 aromatic rings. The van der Waals surface area contributed by atoms with Crippen LogP contribution in [0.1, 0.15) is 105 Å².